The summed E-state index contributed by atoms with van der Waals surface area (Å²) < 4.78 is 31.1. The molecule has 1 rings (SSSR count). The lowest BCUT2D eigenvalue weighted by molar-refractivity contribution is -0.140. The van der Waals surface area contributed by atoms with Crippen LogP contribution in [0.4, 0.5) is 5.69 Å². The Hall–Kier alpha value is -1.67. The van der Waals surface area contributed by atoms with E-state index in [9.17, 15) is 13.2 Å². The summed E-state index contributed by atoms with van der Waals surface area (Å²) in [4.78, 5) is 14.9. The van der Waals surface area contributed by atoms with Crippen LogP contribution in [0.3, 0.4) is 0 Å². The second-order valence-electron chi connectivity index (χ2n) is 3.83. The Morgan fingerprint density at radius 1 is 1.42 bits per heavy atom. The summed E-state index contributed by atoms with van der Waals surface area (Å²) in [6.45, 7) is 0.0552. The third kappa shape index (κ3) is 3.90. The number of ether oxygens (including phenoxy) is 1. The Balaban J connectivity index is 2.77. The molecule has 0 fully saturated rings. The van der Waals surface area contributed by atoms with E-state index in [1.54, 1.807) is 18.3 Å². The zero-order chi connectivity index (χ0) is 14.5. The van der Waals surface area contributed by atoms with Gasteiger partial charge in [0.05, 0.1) is 25.4 Å². The molecule has 1 aromatic rings. The summed E-state index contributed by atoms with van der Waals surface area (Å²) in [5.41, 5.74) is 0.451. The van der Waals surface area contributed by atoms with Gasteiger partial charge in [-0.1, -0.05) is 0 Å². The minimum absolute atomic E-state index is 0.00705. The second-order valence-corrected chi connectivity index (χ2v) is 5.90. The summed E-state index contributed by atoms with van der Waals surface area (Å²) in [6.07, 6.45) is 3.02. The summed E-state index contributed by atoms with van der Waals surface area (Å²) in [5.74, 6) is -0.453. The summed E-state index contributed by atoms with van der Waals surface area (Å²) in [7, 11) is 0.425. The van der Waals surface area contributed by atoms with Gasteiger partial charge in [-0.3, -0.25) is 14.1 Å². The second kappa shape index (κ2) is 6.48. The molecule has 0 aromatic carbocycles. The van der Waals surface area contributed by atoms with Crippen LogP contribution >= 0.6 is 0 Å². The molecule has 0 amide bonds. The first kappa shape index (κ1) is 15.4. The number of carbonyl (C=O) groups is 1. The lowest BCUT2D eigenvalue weighted by Gasteiger charge is -2.25. The maximum atomic E-state index is 12.2. The highest BCUT2D eigenvalue weighted by Crippen LogP contribution is 2.16. The van der Waals surface area contributed by atoms with E-state index in [4.69, 9.17) is 0 Å². The predicted molar refractivity (Wildman–Crippen MR) is 70.8 cm³/mol. The summed E-state index contributed by atoms with van der Waals surface area (Å²) >= 11 is 0. The van der Waals surface area contributed by atoms with Crippen molar-refractivity contribution in [3.05, 3.63) is 24.5 Å². The highest BCUT2D eigenvalue weighted by atomic mass is 32.2. The molecule has 7 nitrogen and oxygen atoms in total. The molecule has 1 heterocycles. The Morgan fingerprint density at radius 3 is 2.63 bits per heavy atom. The highest BCUT2D eigenvalue weighted by molar-refractivity contribution is 7.90. The van der Waals surface area contributed by atoms with E-state index >= 15 is 0 Å². The van der Waals surface area contributed by atoms with Crippen molar-refractivity contribution in [1.29, 1.82) is 0 Å². The molecular formula is C11H17N3O4S. The molecule has 0 spiro atoms. The zero-order valence-corrected chi connectivity index (χ0v) is 11.9. The molecule has 19 heavy (non-hydrogen) atoms. The number of hydrogen-bond acceptors (Lipinski definition) is 5. The van der Waals surface area contributed by atoms with E-state index in [-0.39, 0.29) is 13.0 Å². The maximum absolute atomic E-state index is 12.2. The van der Waals surface area contributed by atoms with Crippen molar-refractivity contribution in [2.24, 2.45) is 0 Å². The van der Waals surface area contributed by atoms with E-state index in [1.165, 1.54) is 27.4 Å². The first-order valence-electron chi connectivity index (χ1n) is 5.56. The fourth-order valence-electron chi connectivity index (χ4n) is 1.35. The molecule has 106 valence electrons. The highest BCUT2D eigenvalue weighted by Gasteiger charge is 2.24. The molecule has 0 radical (unpaired) electrons. The minimum atomic E-state index is -3.68. The quantitative estimate of drug-likeness (QED) is 0.701. The molecule has 8 heteroatoms. The Morgan fingerprint density at radius 2 is 2.11 bits per heavy atom. The topological polar surface area (TPSA) is 79.8 Å². The van der Waals surface area contributed by atoms with Gasteiger partial charge < -0.3 is 4.74 Å². The number of esters is 1. The smallest absolute Gasteiger partial charge is 0.306 e. The third-order valence-corrected chi connectivity index (χ3v) is 4.48. The van der Waals surface area contributed by atoms with Crippen LogP contribution in [0, 0.1) is 0 Å². The molecule has 0 aliphatic heterocycles. The lowest BCUT2D eigenvalue weighted by Crippen LogP contribution is -2.40. The molecule has 0 bridgehead atoms. The number of pyridine rings is 1. The van der Waals surface area contributed by atoms with E-state index < -0.39 is 16.2 Å². The van der Waals surface area contributed by atoms with Gasteiger partial charge in [0.25, 0.3) is 0 Å². The van der Waals surface area contributed by atoms with Crippen LogP contribution in [0.1, 0.15) is 6.42 Å². The molecule has 0 aliphatic carbocycles. The van der Waals surface area contributed by atoms with Crippen molar-refractivity contribution in [3.63, 3.8) is 0 Å². The lowest BCUT2D eigenvalue weighted by atomic mass is 10.4. The average molecular weight is 287 g/mol. The molecule has 0 saturated carbocycles. The summed E-state index contributed by atoms with van der Waals surface area (Å²) in [5, 5.41) is 0. The maximum Gasteiger partial charge on any atom is 0.306 e. The summed E-state index contributed by atoms with van der Waals surface area (Å²) in [6, 6.07) is 3.29. The first-order chi connectivity index (χ1) is 8.89. The number of nitrogens with zero attached hydrogens (tertiary/aromatic N) is 3. The van der Waals surface area contributed by atoms with Crippen LogP contribution in [-0.2, 0) is 19.7 Å². The number of hydrogen-bond donors (Lipinski definition) is 0. The molecule has 0 N–H and O–H groups in total. The third-order valence-electron chi connectivity index (χ3n) is 2.61. The van der Waals surface area contributed by atoms with Crippen LogP contribution in [-0.4, -0.2) is 51.4 Å². The standard InChI is InChI=1S/C11H17N3O4S/c1-13(8-6-11(15)18-3)19(16,17)14(2)10-5-4-7-12-9-10/h4-5,7,9H,6,8H2,1-3H3. The Kier molecular flexibility index (Phi) is 5.25. The first-order valence-corrected chi connectivity index (χ1v) is 6.96. The van der Waals surface area contributed by atoms with Gasteiger partial charge in [0.15, 0.2) is 0 Å². The van der Waals surface area contributed by atoms with Crippen LogP contribution in [0.5, 0.6) is 0 Å². The van der Waals surface area contributed by atoms with Crippen molar-refractivity contribution in [3.8, 4) is 0 Å². The normalized spacial score (nSPS) is 11.4. The van der Waals surface area contributed by atoms with Crippen LogP contribution in [0.25, 0.3) is 0 Å². The van der Waals surface area contributed by atoms with E-state index in [0.29, 0.717) is 5.69 Å². The minimum Gasteiger partial charge on any atom is -0.469 e. The molecule has 0 atom stereocenters. The number of aromatic nitrogens is 1. The van der Waals surface area contributed by atoms with Gasteiger partial charge in [0, 0.05) is 26.8 Å². The number of methoxy groups -OCH3 is 1. The van der Waals surface area contributed by atoms with Gasteiger partial charge in [-0.25, -0.2) is 0 Å². The largest absolute Gasteiger partial charge is 0.469 e. The molecule has 1 aromatic heterocycles. The average Bonchev–Trinajstić information content (AvgIpc) is 2.44. The predicted octanol–water partition coefficient (Wildman–Crippen LogP) is 0.257. The molecule has 0 saturated heterocycles. The SMILES string of the molecule is COC(=O)CCN(C)S(=O)(=O)N(C)c1cccnc1. The van der Waals surface area contributed by atoms with Crippen LogP contribution in [0.15, 0.2) is 24.5 Å². The van der Waals surface area contributed by atoms with Gasteiger partial charge in [-0.05, 0) is 12.1 Å². The van der Waals surface area contributed by atoms with Crippen molar-refractivity contribution in [1.82, 2.24) is 9.29 Å². The fourth-order valence-corrected chi connectivity index (χ4v) is 2.46. The number of rotatable bonds is 6. The number of carbonyl (C=O) groups excluding carboxylic acids is 1. The van der Waals surface area contributed by atoms with E-state index in [2.05, 4.69) is 9.72 Å². The van der Waals surface area contributed by atoms with Gasteiger partial charge in [0.2, 0.25) is 0 Å². The van der Waals surface area contributed by atoms with Crippen molar-refractivity contribution in [2.75, 3.05) is 32.1 Å². The Labute approximate surface area is 113 Å². The van der Waals surface area contributed by atoms with Gasteiger partial charge in [-0.2, -0.15) is 12.7 Å². The van der Waals surface area contributed by atoms with Crippen LogP contribution < -0.4 is 4.31 Å². The number of anilines is 1. The van der Waals surface area contributed by atoms with E-state index in [1.807, 2.05) is 0 Å². The molecule has 0 unspecified atom stereocenters. The Bertz CT molecular complexity index is 518. The van der Waals surface area contributed by atoms with Gasteiger partial charge in [0.1, 0.15) is 0 Å². The van der Waals surface area contributed by atoms with Crippen LogP contribution in [0.2, 0.25) is 0 Å². The van der Waals surface area contributed by atoms with Gasteiger partial charge >= 0.3 is 16.2 Å². The van der Waals surface area contributed by atoms with Gasteiger partial charge in [-0.15, -0.1) is 0 Å². The zero-order valence-electron chi connectivity index (χ0n) is 11.1. The molecular weight excluding hydrogens is 270 g/mol. The van der Waals surface area contributed by atoms with Crippen molar-refractivity contribution < 1.29 is 17.9 Å². The monoisotopic (exact) mass is 287 g/mol. The fraction of sp³-hybridized carbons (Fsp3) is 0.455. The molecule has 0 aliphatic rings. The van der Waals surface area contributed by atoms with Crippen molar-refractivity contribution in [2.45, 2.75) is 6.42 Å². The van der Waals surface area contributed by atoms with E-state index in [0.717, 1.165) is 8.61 Å². The van der Waals surface area contributed by atoms with Crippen molar-refractivity contribution >= 4 is 21.9 Å².